The zero-order valence-corrected chi connectivity index (χ0v) is 20.4. The van der Waals surface area contributed by atoms with Crippen molar-refractivity contribution >= 4 is 0 Å². The van der Waals surface area contributed by atoms with Gasteiger partial charge < -0.3 is 15.3 Å². The Hall–Kier alpha value is -0.900. The molecule has 0 aromatic rings. The van der Waals surface area contributed by atoms with Crippen molar-refractivity contribution in [3.63, 3.8) is 0 Å². The lowest BCUT2D eigenvalue weighted by Crippen LogP contribution is -2.36. The predicted octanol–water partition coefficient (Wildman–Crippen LogP) is 6.09. The van der Waals surface area contributed by atoms with Gasteiger partial charge in [-0.3, -0.25) is 0 Å². The van der Waals surface area contributed by atoms with E-state index < -0.39 is 17.8 Å². The third kappa shape index (κ3) is 5.92. The van der Waals surface area contributed by atoms with Crippen LogP contribution < -0.4 is 0 Å². The maximum Gasteiger partial charge on any atom is 0.0811 e. The Kier molecular flexibility index (Phi) is 7.92. The molecule has 6 atom stereocenters. The van der Waals surface area contributed by atoms with E-state index >= 15 is 0 Å². The minimum Gasteiger partial charge on any atom is -0.393 e. The Morgan fingerprint density at radius 1 is 1.19 bits per heavy atom. The highest BCUT2D eigenvalue weighted by Crippen LogP contribution is 2.60. The van der Waals surface area contributed by atoms with Crippen LogP contribution in [0.5, 0.6) is 0 Å². The molecular formula is C28H46O3. The fourth-order valence-corrected chi connectivity index (χ4v) is 6.90. The molecule has 0 saturated heterocycles. The van der Waals surface area contributed by atoms with Crippen LogP contribution in [0.2, 0.25) is 0 Å². The molecule has 0 bridgehead atoms. The van der Waals surface area contributed by atoms with Gasteiger partial charge in [-0.25, -0.2) is 0 Å². The van der Waals surface area contributed by atoms with Crippen LogP contribution in [0.15, 0.2) is 35.5 Å². The van der Waals surface area contributed by atoms with Crippen molar-refractivity contribution in [2.75, 3.05) is 0 Å². The second kappa shape index (κ2) is 9.93. The topological polar surface area (TPSA) is 60.7 Å². The summed E-state index contributed by atoms with van der Waals surface area (Å²) in [7, 11) is 0. The van der Waals surface area contributed by atoms with Gasteiger partial charge in [-0.2, -0.15) is 0 Å². The van der Waals surface area contributed by atoms with Gasteiger partial charge in [-0.1, -0.05) is 57.4 Å². The summed E-state index contributed by atoms with van der Waals surface area (Å²) in [6, 6.07) is 0. The molecule has 0 radical (unpaired) electrons. The summed E-state index contributed by atoms with van der Waals surface area (Å²) in [4.78, 5) is 0. The van der Waals surface area contributed by atoms with Crippen molar-refractivity contribution in [2.24, 2.45) is 23.2 Å². The Labute approximate surface area is 190 Å². The first kappa shape index (κ1) is 24.7. The molecule has 3 aliphatic carbocycles. The highest BCUT2D eigenvalue weighted by Gasteiger charge is 2.50. The highest BCUT2D eigenvalue weighted by molar-refractivity contribution is 5.38. The molecule has 3 rings (SSSR count). The molecule has 1 unspecified atom stereocenters. The largest absolute Gasteiger partial charge is 0.393 e. The van der Waals surface area contributed by atoms with Crippen molar-refractivity contribution in [2.45, 2.75) is 116 Å². The molecule has 0 spiro atoms. The average Bonchev–Trinajstić information content (AvgIpc) is 3.03. The van der Waals surface area contributed by atoms with Gasteiger partial charge in [0.25, 0.3) is 0 Å². The number of rotatable bonds is 7. The average molecular weight is 431 g/mol. The SMILES string of the molecule is C=C1/C(=C\C=C2CCC[C@]3(C)C([C@H](C)CCCCC(C)(C)O)CC[C@@H]23)C[C@H](O)C[C@H]1O. The molecule has 3 aliphatic rings. The summed E-state index contributed by atoms with van der Waals surface area (Å²) in [6.45, 7) is 12.9. The van der Waals surface area contributed by atoms with E-state index in [4.69, 9.17) is 0 Å². The van der Waals surface area contributed by atoms with E-state index in [1.807, 2.05) is 13.8 Å². The van der Waals surface area contributed by atoms with Crippen molar-refractivity contribution < 1.29 is 15.3 Å². The molecule has 0 aromatic carbocycles. The molecule has 0 aromatic heterocycles. The van der Waals surface area contributed by atoms with E-state index in [2.05, 4.69) is 32.6 Å². The summed E-state index contributed by atoms with van der Waals surface area (Å²) < 4.78 is 0. The van der Waals surface area contributed by atoms with Crippen LogP contribution in [-0.2, 0) is 0 Å². The Morgan fingerprint density at radius 2 is 1.94 bits per heavy atom. The van der Waals surface area contributed by atoms with Gasteiger partial charge in [-0.05, 0) is 93.1 Å². The first-order valence-electron chi connectivity index (χ1n) is 12.7. The fraction of sp³-hybridized carbons (Fsp3) is 0.786. The van der Waals surface area contributed by atoms with Crippen molar-refractivity contribution in [1.82, 2.24) is 0 Å². The molecule has 31 heavy (non-hydrogen) atoms. The smallest absolute Gasteiger partial charge is 0.0811 e. The molecule has 3 N–H and O–H groups in total. The monoisotopic (exact) mass is 430 g/mol. The second-order valence-corrected chi connectivity index (χ2v) is 11.7. The molecule has 0 aliphatic heterocycles. The molecule has 3 saturated carbocycles. The Bertz CT molecular complexity index is 698. The van der Waals surface area contributed by atoms with Crippen LogP contribution in [0.3, 0.4) is 0 Å². The number of fused-ring (bicyclic) bond motifs is 1. The molecule has 0 heterocycles. The van der Waals surface area contributed by atoms with Gasteiger partial charge in [0.1, 0.15) is 0 Å². The number of aliphatic hydroxyl groups excluding tert-OH is 2. The van der Waals surface area contributed by atoms with E-state index in [0.717, 1.165) is 35.8 Å². The van der Waals surface area contributed by atoms with Crippen molar-refractivity contribution in [3.8, 4) is 0 Å². The zero-order valence-electron chi connectivity index (χ0n) is 20.4. The third-order valence-electron chi connectivity index (χ3n) is 8.69. The minimum atomic E-state index is -0.613. The molecule has 3 nitrogen and oxygen atoms in total. The van der Waals surface area contributed by atoms with Gasteiger partial charge in [0, 0.05) is 6.42 Å². The lowest BCUT2D eigenvalue weighted by Gasteiger charge is -2.44. The van der Waals surface area contributed by atoms with Crippen LogP contribution in [-0.4, -0.2) is 33.1 Å². The maximum atomic E-state index is 10.1. The number of allylic oxidation sites excluding steroid dienone is 3. The minimum absolute atomic E-state index is 0.390. The van der Waals surface area contributed by atoms with Gasteiger partial charge in [0.2, 0.25) is 0 Å². The Morgan fingerprint density at radius 3 is 2.65 bits per heavy atom. The number of unbranched alkanes of at least 4 members (excludes halogenated alkanes) is 1. The summed E-state index contributed by atoms with van der Waals surface area (Å²) in [5.74, 6) is 2.18. The van der Waals surface area contributed by atoms with E-state index in [0.29, 0.717) is 24.2 Å². The summed E-state index contributed by atoms with van der Waals surface area (Å²) >= 11 is 0. The second-order valence-electron chi connectivity index (χ2n) is 11.7. The Balaban J connectivity index is 1.66. The van der Waals surface area contributed by atoms with Crippen LogP contribution >= 0.6 is 0 Å². The third-order valence-corrected chi connectivity index (χ3v) is 8.69. The molecule has 3 fully saturated rings. The lowest BCUT2D eigenvalue weighted by atomic mass is 9.60. The van der Waals surface area contributed by atoms with Gasteiger partial charge in [-0.15, -0.1) is 0 Å². The van der Waals surface area contributed by atoms with Gasteiger partial charge in [0.05, 0.1) is 17.8 Å². The molecule has 176 valence electrons. The van der Waals surface area contributed by atoms with Crippen molar-refractivity contribution in [1.29, 1.82) is 0 Å². The molecule has 3 heteroatoms. The maximum absolute atomic E-state index is 10.1. The zero-order chi connectivity index (χ0) is 22.8. The highest BCUT2D eigenvalue weighted by atomic mass is 16.3. The normalized spacial score (nSPS) is 38.0. The number of aliphatic hydroxyl groups is 3. The fourth-order valence-electron chi connectivity index (χ4n) is 6.90. The van der Waals surface area contributed by atoms with Crippen LogP contribution in [0.1, 0.15) is 98.3 Å². The van der Waals surface area contributed by atoms with E-state index in [9.17, 15) is 15.3 Å². The number of hydrogen-bond acceptors (Lipinski definition) is 3. The quantitative estimate of drug-likeness (QED) is 0.428. The standard InChI is InChI=1S/C28H46O3/c1-19(9-6-7-15-27(3,4)31)24-13-14-25-21(10-8-16-28(24,25)5)11-12-22-17-23(29)18-26(30)20(22)2/h11-12,19,23-26,29-31H,2,6-10,13-18H2,1,3-5H3/b21-11?,22-12-/t19-,23+,24?,25+,26-,28-/m1/s1. The van der Waals surface area contributed by atoms with E-state index in [1.165, 1.54) is 44.9 Å². The molecular weight excluding hydrogens is 384 g/mol. The summed E-state index contributed by atoms with van der Waals surface area (Å²) in [5.41, 5.74) is 3.22. The molecule has 0 amide bonds. The lowest BCUT2D eigenvalue weighted by molar-refractivity contribution is 0.0650. The van der Waals surface area contributed by atoms with Crippen LogP contribution in [0, 0.1) is 23.2 Å². The van der Waals surface area contributed by atoms with Crippen LogP contribution in [0.4, 0.5) is 0 Å². The first-order valence-corrected chi connectivity index (χ1v) is 12.7. The van der Waals surface area contributed by atoms with Crippen molar-refractivity contribution in [3.05, 3.63) is 35.5 Å². The van der Waals surface area contributed by atoms with Gasteiger partial charge in [0.15, 0.2) is 0 Å². The predicted molar refractivity (Wildman–Crippen MR) is 129 cm³/mol. The first-order chi connectivity index (χ1) is 14.5. The van der Waals surface area contributed by atoms with Crippen LogP contribution in [0.25, 0.3) is 0 Å². The van der Waals surface area contributed by atoms with E-state index in [1.54, 1.807) is 5.57 Å². The summed E-state index contributed by atoms with van der Waals surface area (Å²) in [6.07, 6.45) is 15.2. The number of hydrogen-bond donors (Lipinski definition) is 3. The summed E-state index contributed by atoms with van der Waals surface area (Å²) in [5, 5.41) is 30.2. The van der Waals surface area contributed by atoms with E-state index in [-0.39, 0.29) is 0 Å². The van der Waals surface area contributed by atoms with Gasteiger partial charge >= 0.3 is 0 Å².